The molecule has 1 aromatic carbocycles. The number of benzene rings is 1. The Hall–Kier alpha value is -0.860. The van der Waals surface area contributed by atoms with Gasteiger partial charge < -0.3 is 10.1 Å². The molecule has 1 heterocycles. The lowest BCUT2D eigenvalue weighted by atomic mass is 9.98. The van der Waals surface area contributed by atoms with Gasteiger partial charge in [0.15, 0.2) is 0 Å². The predicted molar refractivity (Wildman–Crippen MR) is 85.0 cm³/mol. The molecule has 1 N–H and O–H groups in total. The van der Waals surface area contributed by atoms with E-state index in [9.17, 15) is 0 Å². The quantitative estimate of drug-likeness (QED) is 0.873. The van der Waals surface area contributed by atoms with Crippen molar-refractivity contribution >= 4 is 0 Å². The Labute approximate surface area is 123 Å². The first-order chi connectivity index (χ1) is 9.54. The van der Waals surface area contributed by atoms with Crippen LogP contribution < -0.4 is 5.32 Å². The van der Waals surface area contributed by atoms with Crippen molar-refractivity contribution in [2.45, 2.75) is 65.1 Å². The van der Waals surface area contributed by atoms with E-state index >= 15 is 0 Å². The third kappa shape index (κ3) is 4.60. The zero-order valence-corrected chi connectivity index (χ0v) is 13.4. The second-order valence-electron chi connectivity index (χ2n) is 6.63. The van der Waals surface area contributed by atoms with Crippen molar-refractivity contribution in [1.29, 1.82) is 0 Å². The molecule has 3 atom stereocenters. The van der Waals surface area contributed by atoms with Crippen molar-refractivity contribution in [2.24, 2.45) is 5.92 Å². The molecule has 0 aromatic heterocycles. The molecule has 20 heavy (non-hydrogen) atoms. The largest absolute Gasteiger partial charge is 0.378 e. The Morgan fingerprint density at radius 3 is 2.50 bits per heavy atom. The van der Waals surface area contributed by atoms with Crippen LogP contribution in [0.1, 0.15) is 57.7 Å². The highest BCUT2D eigenvalue weighted by Gasteiger charge is 2.20. The Balaban J connectivity index is 1.90. The van der Waals surface area contributed by atoms with Crippen LogP contribution in [0.2, 0.25) is 0 Å². The molecule has 0 bridgehead atoms. The number of hydrogen-bond donors (Lipinski definition) is 1. The van der Waals surface area contributed by atoms with Gasteiger partial charge in [-0.2, -0.15) is 0 Å². The van der Waals surface area contributed by atoms with Gasteiger partial charge in [0.2, 0.25) is 0 Å². The van der Waals surface area contributed by atoms with Crippen LogP contribution in [0, 0.1) is 5.92 Å². The monoisotopic (exact) mass is 275 g/mol. The molecule has 0 aliphatic carbocycles. The Morgan fingerprint density at radius 2 is 1.90 bits per heavy atom. The van der Waals surface area contributed by atoms with Crippen LogP contribution in [0.25, 0.3) is 0 Å². The summed E-state index contributed by atoms with van der Waals surface area (Å²) in [6.07, 6.45) is 3.80. The highest BCUT2D eigenvalue weighted by molar-refractivity contribution is 5.25. The highest BCUT2D eigenvalue weighted by atomic mass is 16.5. The normalized spacial score (nSPS) is 24.9. The summed E-state index contributed by atoms with van der Waals surface area (Å²) in [5, 5.41) is 3.75. The molecule has 2 nitrogen and oxygen atoms in total. The van der Waals surface area contributed by atoms with Crippen LogP contribution in [0.15, 0.2) is 24.3 Å². The van der Waals surface area contributed by atoms with E-state index in [1.807, 2.05) is 0 Å². The van der Waals surface area contributed by atoms with Crippen LogP contribution in [0.3, 0.4) is 0 Å². The Kier molecular flexibility index (Phi) is 5.62. The van der Waals surface area contributed by atoms with Crippen molar-refractivity contribution < 1.29 is 4.74 Å². The molecule has 1 saturated heterocycles. The fourth-order valence-electron chi connectivity index (χ4n) is 3.01. The van der Waals surface area contributed by atoms with Gasteiger partial charge in [-0.05, 0) is 50.2 Å². The molecule has 0 radical (unpaired) electrons. The number of ether oxygens (including phenoxy) is 1. The topological polar surface area (TPSA) is 21.3 Å². The average molecular weight is 275 g/mol. The maximum atomic E-state index is 5.61. The molecule has 0 amide bonds. The second kappa shape index (κ2) is 7.24. The minimum atomic E-state index is 0.391. The molecule has 2 heteroatoms. The number of rotatable bonds is 5. The summed E-state index contributed by atoms with van der Waals surface area (Å²) in [5.74, 6) is 0.722. The molecule has 1 aromatic rings. The number of nitrogens with one attached hydrogen (secondary N) is 1. The van der Waals surface area contributed by atoms with E-state index in [4.69, 9.17) is 4.74 Å². The van der Waals surface area contributed by atoms with Gasteiger partial charge in [-0.3, -0.25) is 0 Å². The van der Waals surface area contributed by atoms with Crippen molar-refractivity contribution in [1.82, 2.24) is 5.32 Å². The lowest BCUT2D eigenvalue weighted by Crippen LogP contribution is -2.39. The van der Waals surface area contributed by atoms with Gasteiger partial charge in [0.1, 0.15) is 0 Å². The van der Waals surface area contributed by atoms with Gasteiger partial charge in [-0.15, -0.1) is 0 Å². The molecule has 112 valence electrons. The fraction of sp³-hybridized carbons (Fsp3) is 0.667. The summed E-state index contributed by atoms with van der Waals surface area (Å²) in [4.78, 5) is 0. The van der Waals surface area contributed by atoms with Gasteiger partial charge in [-0.25, -0.2) is 0 Å². The van der Waals surface area contributed by atoms with Crippen LogP contribution >= 0.6 is 0 Å². The summed E-state index contributed by atoms with van der Waals surface area (Å²) >= 11 is 0. The smallest absolute Gasteiger partial charge is 0.0561 e. The summed E-state index contributed by atoms with van der Waals surface area (Å²) < 4.78 is 5.61. The molecule has 1 aliphatic heterocycles. The second-order valence-corrected chi connectivity index (χ2v) is 6.63. The standard InChI is InChI=1S/C18H29NO/c1-13(2)11-16-5-7-17(8-6-16)15(4)19-18-9-10-20-14(3)12-18/h5-8,13-15,18-19H,9-12H2,1-4H3. The van der Waals surface area contributed by atoms with Gasteiger partial charge in [0, 0.05) is 18.7 Å². The van der Waals surface area contributed by atoms with Gasteiger partial charge >= 0.3 is 0 Å². The first-order valence-electron chi connectivity index (χ1n) is 8.01. The molecule has 0 spiro atoms. The van der Waals surface area contributed by atoms with E-state index in [0.29, 0.717) is 18.2 Å². The van der Waals surface area contributed by atoms with Gasteiger partial charge in [-0.1, -0.05) is 38.1 Å². The lowest BCUT2D eigenvalue weighted by molar-refractivity contribution is 0.0116. The predicted octanol–water partition coefficient (Wildman–Crippen LogP) is 4.10. The fourth-order valence-corrected chi connectivity index (χ4v) is 3.01. The van der Waals surface area contributed by atoms with E-state index in [2.05, 4.69) is 57.3 Å². The summed E-state index contributed by atoms with van der Waals surface area (Å²) in [6, 6.07) is 10.1. The lowest BCUT2D eigenvalue weighted by Gasteiger charge is -2.30. The zero-order valence-electron chi connectivity index (χ0n) is 13.4. The summed E-state index contributed by atoms with van der Waals surface area (Å²) in [5.41, 5.74) is 2.83. The maximum Gasteiger partial charge on any atom is 0.0561 e. The van der Waals surface area contributed by atoms with Crippen LogP contribution in [-0.4, -0.2) is 18.8 Å². The third-order valence-corrected chi connectivity index (χ3v) is 4.09. The van der Waals surface area contributed by atoms with Crippen molar-refractivity contribution in [3.8, 4) is 0 Å². The van der Waals surface area contributed by atoms with E-state index in [1.54, 1.807) is 0 Å². The van der Waals surface area contributed by atoms with E-state index < -0.39 is 0 Å². The molecule has 1 aliphatic rings. The van der Waals surface area contributed by atoms with Crippen molar-refractivity contribution in [2.75, 3.05) is 6.61 Å². The Morgan fingerprint density at radius 1 is 1.20 bits per heavy atom. The Bertz CT molecular complexity index is 398. The molecule has 3 unspecified atom stereocenters. The molecule has 2 rings (SSSR count). The van der Waals surface area contributed by atoms with Gasteiger partial charge in [0.05, 0.1) is 6.10 Å². The van der Waals surface area contributed by atoms with E-state index in [-0.39, 0.29) is 0 Å². The maximum absolute atomic E-state index is 5.61. The molecular formula is C18H29NO. The number of hydrogen-bond acceptors (Lipinski definition) is 2. The first kappa shape index (κ1) is 15.5. The summed E-state index contributed by atoms with van der Waals surface area (Å²) in [6.45, 7) is 9.85. The minimum absolute atomic E-state index is 0.391. The molecular weight excluding hydrogens is 246 g/mol. The average Bonchev–Trinajstić information content (AvgIpc) is 2.38. The van der Waals surface area contributed by atoms with Crippen LogP contribution in [0.5, 0.6) is 0 Å². The van der Waals surface area contributed by atoms with E-state index in [0.717, 1.165) is 25.4 Å². The SMILES string of the molecule is CC(C)Cc1ccc(C(C)NC2CCOC(C)C2)cc1. The first-order valence-corrected chi connectivity index (χ1v) is 8.01. The zero-order chi connectivity index (χ0) is 14.5. The van der Waals surface area contributed by atoms with Gasteiger partial charge in [0.25, 0.3) is 0 Å². The van der Waals surface area contributed by atoms with E-state index in [1.165, 1.54) is 17.5 Å². The minimum Gasteiger partial charge on any atom is -0.378 e. The molecule has 0 saturated carbocycles. The highest BCUT2D eigenvalue weighted by Crippen LogP contribution is 2.20. The van der Waals surface area contributed by atoms with Crippen LogP contribution in [0.4, 0.5) is 0 Å². The van der Waals surface area contributed by atoms with Crippen molar-refractivity contribution in [3.63, 3.8) is 0 Å². The third-order valence-electron chi connectivity index (χ3n) is 4.09. The van der Waals surface area contributed by atoms with Crippen LogP contribution in [-0.2, 0) is 11.2 Å². The summed E-state index contributed by atoms with van der Waals surface area (Å²) in [7, 11) is 0. The van der Waals surface area contributed by atoms with Crippen molar-refractivity contribution in [3.05, 3.63) is 35.4 Å². The molecule has 1 fully saturated rings.